The van der Waals surface area contributed by atoms with Crippen molar-refractivity contribution < 1.29 is 24.1 Å². The summed E-state index contributed by atoms with van der Waals surface area (Å²) in [5.74, 6) is 0.824. The van der Waals surface area contributed by atoms with E-state index in [1.165, 1.54) is 24.9 Å². The number of ether oxygens (including phenoxy) is 3. The van der Waals surface area contributed by atoms with Gasteiger partial charge >= 0.3 is 5.97 Å². The van der Waals surface area contributed by atoms with Crippen molar-refractivity contribution in [3.05, 3.63) is 80.0 Å². The molecule has 4 aromatic rings. The predicted molar refractivity (Wildman–Crippen MR) is 163 cm³/mol. The number of halogens is 1. The molecule has 0 unspecified atom stereocenters. The molecule has 1 heterocycles. The molecule has 41 heavy (non-hydrogen) atoms. The minimum atomic E-state index is -1.11. The van der Waals surface area contributed by atoms with Crippen molar-refractivity contribution in [2.24, 2.45) is 5.10 Å². The number of para-hydroxylation sites is 1. The molecule has 1 N–H and O–H groups in total. The van der Waals surface area contributed by atoms with Gasteiger partial charge in [-0.05, 0) is 95.7 Å². The van der Waals surface area contributed by atoms with Crippen molar-refractivity contribution in [3.8, 4) is 28.6 Å². The van der Waals surface area contributed by atoms with E-state index in [0.29, 0.717) is 39.1 Å². The molecule has 0 fully saturated rings. The number of carboxylic acid groups (broad SMARTS) is 1. The van der Waals surface area contributed by atoms with Crippen molar-refractivity contribution in [1.82, 2.24) is 9.66 Å². The molecule has 1 aromatic heterocycles. The summed E-state index contributed by atoms with van der Waals surface area (Å²) in [5.41, 5.74) is 3.50. The van der Waals surface area contributed by atoms with Gasteiger partial charge in [0, 0.05) is 5.56 Å². The van der Waals surface area contributed by atoms with Crippen LogP contribution < -0.4 is 19.8 Å². The lowest BCUT2D eigenvalue weighted by molar-refractivity contribution is -0.144. The highest BCUT2D eigenvalue weighted by Gasteiger charge is 2.20. The summed E-state index contributed by atoms with van der Waals surface area (Å²) in [6.07, 6.45) is 0.435. The molecule has 0 amide bonds. The number of hydrogen-bond donors (Lipinski definition) is 1. The van der Waals surface area contributed by atoms with Crippen LogP contribution in [-0.4, -0.2) is 46.8 Å². The number of aliphatic carboxylic acids is 1. The number of nitrogens with zero attached hydrogens (tertiary/aromatic N) is 3. The number of rotatable bonds is 10. The van der Waals surface area contributed by atoms with Gasteiger partial charge in [0.1, 0.15) is 5.75 Å². The lowest BCUT2D eigenvalue weighted by atomic mass is 9.96. The Morgan fingerprint density at radius 3 is 2.54 bits per heavy atom. The number of aryl methyl sites for hydroxylation is 1. The summed E-state index contributed by atoms with van der Waals surface area (Å²) in [6, 6.07) is 14.5. The molecule has 0 aliphatic rings. The Morgan fingerprint density at radius 2 is 1.88 bits per heavy atom. The van der Waals surface area contributed by atoms with Crippen LogP contribution in [0.2, 0.25) is 0 Å². The quantitative estimate of drug-likeness (QED) is 0.204. The van der Waals surface area contributed by atoms with Crippen LogP contribution in [0.4, 0.5) is 0 Å². The second kappa shape index (κ2) is 12.6. The van der Waals surface area contributed by atoms with E-state index >= 15 is 0 Å². The van der Waals surface area contributed by atoms with Gasteiger partial charge in [-0.15, -0.1) is 0 Å². The molecule has 0 aliphatic heterocycles. The van der Waals surface area contributed by atoms with E-state index in [2.05, 4.69) is 34.9 Å². The van der Waals surface area contributed by atoms with Gasteiger partial charge in [0.05, 0.1) is 35.3 Å². The first-order valence-electron chi connectivity index (χ1n) is 13.2. The Labute approximate surface area is 246 Å². The standard InChI is InChI=1S/C31H32BrN3O6/c1-7-40-26-12-18(4)23(15-22(26)17(2)3)29-34-25-11-9-8-10-21(25)30(36)35(29)33-16-20-13-24(32)28(27(14-20)39-6)41-19(5)31(37)38/h8-17,19H,7H2,1-6H3,(H,37,38)/t19-/m1/s1. The van der Waals surface area contributed by atoms with E-state index in [1.807, 2.05) is 32.0 Å². The molecular formula is C31H32BrN3O6. The summed E-state index contributed by atoms with van der Waals surface area (Å²) in [4.78, 5) is 29.9. The van der Waals surface area contributed by atoms with Gasteiger partial charge in [0.15, 0.2) is 23.4 Å². The smallest absolute Gasteiger partial charge is 0.344 e. The monoisotopic (exact) mass is 621 g/mol. The number of carboxylic acids is 1. The van der Waals surface area contributed by atoms with E-state index in [-0.39, 0.29) is 17.2 Å². The molecule has 10 heteroatoms. The highest BCUT2D eigenvalue weighted by atomic mass is 79.9. The zero-order chi connectivity index (χ0) is 29.8. The third kappa shape index (κ3) is 6.27. The second-order valence-electron chi connectivity index (χ2n) is 9.74. The normalized spacial score (nSPS) is 12.2. The molecule has 0 aliphatic carbocycles. The minimum absolute atomic E-state index is 0.175. The summed E-state index contributed by atoms with van der Waals surface area (Å²) >= 11 is 3.44. The van der Waals surface area contributed by atoms with Crippen molar-refractivity contribution in [2.75, 3.05) is 13.7 Å². The van der Waals surface area contributed by atoms with Gasteiger partial charge in [-0.1, -0.05) is 26.0 Å². The molecule has 1 atom stereocenters. The maximum atomic E-state index is 13.7. The van der Waals surface area contributed by atoms with Crippen LogP contribution in [0.3, 0.4) is 0 Å². The van der Waals surface area contributed by atoms with Crippen LogP contribution in [0.1, 0.15) is 50.3 Å². The van der Waals surface area contributed by atoms with Crippen molar-refractivity contribution in [3.63, 3.8) is 0 Å². The fourth-order valence-electron chi connectivity index (χ4n) is 4.36. The lowest BCUT2D eigenvalue weighted by Crippen LogP contribution is -2.23. The predicted octanol–water partition coefficient (Wildman–Crippen LogP) is 6.40. The van der Waals surface area contributed by atoms with Crippen LogP contribution in [0.25, 0.3) is 22.3 Å². The summed E-state index contributed by atoms with van der Waals surface area (Å²) in [5, 5.41) is 14.3. The van der Waals surface area contributed by atoms with Gasteiger partial charge in [-0.25, -0.2) is 9.78 Å². The molecule has 3 aromatic carbocycles. The number of benzene rings is 3. The highest BCUT2D eigenvalue weighted by Crippen LogP contribution is 2.37. The highest BCUT2D eigenvalue weighted by molar-refractivity contribution is 9.10. The second-order valence-corrected chi connectivity index (χ2v) is 10.6. The van der Waals surface area contributed by atoms with Crippen molar-refractivity contribution in [2.45, 2.75) is 46.6 Å². The largest absolute Gasteiger partial charge is 0.494 e. The van der Waals surface area contributed by atoms with Crippen LogP contribution in [0.5, 0.6) is 17.2 Å². The molecule has 214 valence electrons. The Balaban J connectivity index is 1.90. The zero-order valence-electron chi connectivity index (χ0n) is 23.8. The molecule has 0 saturated heterocycles. The van der Waals surface area contributed by atoms with Gasteiger partial charge in [-0.2, -0.15) is 9.78 Å². The summed E-state index contributed by atoms with van der Waals surface area (Å²) in [7, 11) is 1.46. The van der Waals surface area contributed by atoms with Crippen molar-refractivity contribution in [1.29, 1.82) is 0 Å². The molecule has 0 radical (unpaired) electrons. The maximum Gasteiger partial charge on any atom is 0.344 e. The van der Waals surface area contributed by atoms with E-state index in [9.17, 15) is 14.7 Å². The number of carbonyl (C=O) groups is 1. The fourth-order valence-corrected chi connectivity index (χ4v) is 4.91. The van der Waals surface area contributed by atoms with Crippen LogP contribution in [-0.2, 0) is 4.79 Å². The Morgan fingerprint density at radius 1 is 1.15 bits per heavy atom. The van der Waals surface area contributed by atoms with Crippen molar-refractivity contribution >= 4 is 39.0 Å². The fraction of sp³-hybridized carbons (Fsp3) is 0.290. The molecule has 4 rings (SSSR count). The Bertz CT molecular complexity index is 1700. The van der Waals surface area contributed by atoms with Crippen LogP contribution in [0, 0.1) is 6.92 Å². The Hall–Kier alpha value is -4.18. The topological polar surface area (TPSA) is 112 Å². The Kier molecular flexibility index (Phi) is 9.12. The third-order valence-corrected chi connectivity index (χ3v) is 7.08. The minimum Gasteiger partial charge on any atom is -0.494 e. The first kappa shape index (κ1) is 29.8. The number of hydrogen-bond acceptors (Lipinski definition) is 7. The SMILES string of the molecule is CCOc1cc(C)c(-c2nc3ccccc3c(=O)n2N=Cc2cc(Br)c(O[C@H](C)C(=O)O)c(OC)c2)cc1C(C)C. The van der Waals surface area contributed by atoms with Gasteiger partial charge in [-0.3, -0.25) is 4.79 Å². The summed E-state index contributed by atoms with van der Waals surface area (Å²) in [6.45, 7) is 10.1. The summed E-state index contributed by atoms with van der Waals surface area (Å²) < 4.78 is 18.7. The molecule has 0 saturated carbocycles. The molecular weight excluding hydrogens is 590 g/mol. The van der Waals surface area contributed by atoms with E-state index in [4.69, 9.17) is 19.2 Å². The van der Waals surface area contributed by atoms with Gasteiger partial charge in [0.25, 0.3) is 5.56 Å². The van der Waals surface area contributed by atoms with E-state index in [0.717, 1.165) is 22.4 Å². The molecule has 9 nitrogen and oxygen atoms in total. The average molecular weight is 623 g/mol. The first-order chi connectivity index (χ1) is 19.5. The average Bonchev–Trinajstić information content (AvgIpc) is 2.93. The van der Waals surface area contributed by atoms with E-state index < -0.39 is 12.1 Å². The third-order valence-electron chi connectivity index (χ3n) is 6.49. The number of fused-ring (bicyclic) bond motifs is 1. The molecule has 0 bridgehead atoms. The zero-order valence-corrected chi connectivity index (χ0v) is 25.4. The first-order valence-corrected chi connectivity index (χ1v) is 14.0. The maximum absolute atomic E-state index is 13.7. The van der Waals surface area contributed by atoms with Gasteiger partial charge in [0.2, 0.25) is 0 Å². The van der Waals surface area contributed by atoms with Crippen LogP contribution >= 0.6 is 15.9 Å². The molecule has 0 spiro atoms. The lowest BCUT2D eigenvalue weighted by Gasteiger charge is -2.18. The van der Waals surface area contributed by atoms with Crippen LogP contribution in [0.15, 0.2) is 62.9 Å². The number of aromatic nitrogens is 2. The van der Waals surface area contributed by atoms with E-state index in [1.54, 1.807) is 30.3 Å². The number of methoxy groups -OCH3 is 1. The van der Waals surface area contributed by atoms with Gasteiger partial charge < -0.3 is 19.3 Å².